The Balaban J connectivity index is 1.49. The Labute approximate surface area is 176 Å². The molecule has 6 nitrogen and oxygen atoms in total. The van der Waals surface area contributed by atoms with Crippen molar-refractivity contribution < 1.29 is 32.0 Å². The molecule has 1 aliphatic rings. The highest BCUT2D eigenvalue weighted by Crippen LogP contribution is 2.34. The summed E-state index contributed by atoms with van der Waals surface area (Å²) in [4.78, 5) is 14.8. The van der Waals surface area contributed by atoms with Gasteiger partial charge in [0.25, 0.3) is 5.91 Å². The summed E-state index contributed by atoms with van der Waals surface area (Å²) in [5.41, 5.74) is 1.64. The van der Waals surface area contributed by atoms with Crippen LogP contribution in [0.2, 0.25) is 0 Å². The van der Waals surface area contributed by atoms with E-state index in [0.717, 1.165) is 24.2 Å². The zero-order chi connectivity index (χ0) is 22.0. The molecule has 162 valence electrons. The van der Waals surface area contributed by atoms with Gasteiger partial charge in [0.05, 0.1) is 13.2 Å². The average Bonchev–Trinajstić information content (AvgIpc) is 3.43. The number of methoxy groups -OCH3 is 1. The number of benzene rings is 2. The Morgan fingerprint density at radius 1 is 1.10 bits per heavy atom. The van der Waals surface area contributed by atoms with Crippen molar-refractivity contribution in [3.05, 3.63) is 65.9 Å². The fraction of sp³-hybridized carbons (Fsp3) is 0.273. The highest BCUT2D eigenvalue weighted by molar-refractivity contribution is 5.93. The lowest BCUT2D eigenvalue weighted by atomic mass is 10.0. The zero-order valence-corrected chi connectivity index (χ0v) is 16.6. The number of likely N-dealkylation sites (tertiary alicyclic amines) is 1. The number of aromatic nitrogens is 1. The third kappa shape index (κ3) is 4.65. The Bertz CT molecular complexity index is 1050. The monoisotopic (exact) mass is 432 g/mol. The maximum Gasteiger partial charge on any atom is 0.573 e. The summed E-state index contributed by atoms with van der Waals surface area (Å²) >= 11 is 0. The van der Waals surface area contributed by atoms with E-state index < -0.39 is 6.36 Å². The fourth-order valence-electron chi connectivity index (χ4n) is 3.66. The second kappa shape index (κ2) is 8.33. The van der Waals surface area contributed by atoms with E-state index in [1.165, 1.54) is 30.3 Å². The molecule has 4 rings (SSSR count). The standard InChI is InChI=1S/C22H19F3N2O4/c1-29-16-8-4-14(5-9-16)19-3-2-12-27(19)21(28)18-13-20(31-26-18)15-6-10-17(11-7-15)30-22(23,24)25/h4-11,13,19H,2-3,12H2,1H3. The predicted octanol–water partition coefficient (Wildman–Crippen LogP) is 5.23. The highest BCUT2D eigenvalue weighted by Gasteiger charge is 2.33. The molecular weight excluding hydrogens is 413 g/mol. The van der Waals surface area contributed by atoms with E-state index in [1.807, 2.05) is 24.3 Å². The summed E-state index contributed by atoms with van der Waals surface area (Å²) in [5.74, 6) is 0.423. The smallest absolute Gasteiger partial charge is 0.497 e. The summed E-state index contributed by atoms with van der Waals surface area (Å²) in [5, 5.41) is 3.88. The molecule has 0 spiro atoms. The molecule has 2 aromatic carbocycles. The molecule has 2 heterocycles. The van der Waals surface area contributed by atoms with Gasteiger partial charge in [-0.05, 0) is 54.8 Å². The van der Waals surface area contributed by atoms with Crippen LogP contribution >= 0.6 is 0 Å². The fourth-order valence-corrected chi connectivity index (χ4v) is 3.66. The van der Waals surface area contributed by atoms with Gasteiger partial charge < -0.3 is 18.9 Å². The van der Waals surface area contributed by atoms with Crippen LogP contribution in [0.25, 0.3) is 11.3 Å². The van der Waals surface area contributed by atoms with Crippen molar-refractivity contribution in [2.75, 3.05) is 13.7 Å². The Hall–Kier alpha value is -3.49. The number of amides is 1. The van der Waals surface area contributed by atoms with Crippen LogP contribution in [-0.2, 0) is 0 Å². The minimum atomic E-state index is -4.76. The number of hydrogen-bond acceptors (Lipinski definition) is 5. The number of hydrogen-bond donors (Lipinski definition) is 0. The summed E-state index contributed by atoms with van der Waals surface area (Å²) in [6.45, 7) is 0.598. The van der Waals surface area contributed by atoms with Crippen molar-refractivity contribution in [2.45, 2.75) is 25.2 Å². The van der Waals surface area contributed by atoms with Crippen LogP contribution in [-0.4, -0.2) is 36.0 Å². The lowest BCUT2D eigenvalue weighted by Gasteiger charge is -2.24. The van der Waals surface area contributed by atoms with Crippen molar-refractivity contribution in [1.29, 1.82) is 0 Å². The molecule has 1 unspecified atom stereocenters. The van der Waals surface area contributed by atoms with Gasteiger partial charge in [0, 0.05) is 18.2 Å². The van der Waals surface area contributed by atoms with Gasteiger partial charge in [-0.25, -0.2) is 0 Å². The van der Waals surface area contributed by atoms with Crippen LogP contribution < -0.4 is 9.47 Å². The molecule has 1 aromatic heterocycles. The van der Waals surface area contributed by atoms with Gasteiger partial charge in [0.2, 0.25) is 0 Å². The van der Waals surface area contributed by atoms with Gasteiger partial charge in [-0.3, -0.25) is 4.79 Å². The molecule has 1 atom stereocenters. The van der Waals surface area contributed by atoms with Crippen molar-refractivity contribution in [1.82, 2.24) is 10.1 Å². The molecule has 1 fully saturated rings. The van der Waals surface area contributed by atoms with Crippen molar-refractivity contribution >= 4 is 5.91 Å². The molecule has 1 saturated heterocycles. The van der Waals surface area contributed by atoms with E-state index in [9.17, 15) is 18.0 Å². The number of halogens is 3. The van der Waals surface area contributed by atoms with Gasteiger partial charge >= 0.3 is 6.36 Å². The first kappa shape index (κ1) is 20.8. The van der Waals surface area contributed by atoms with Crippen LogP contribution in [0.4, 0.5) is 13.2 Å². The Morgan fingerprint density at radius 3 is 2.42 bits per heavy atom. The Morgan fingerprint density at radius 2 is 1.77 bits per heavy atom. The lowest BCUT2D eigenvalue weighted by molar-refractivity contribution is -0.274. The molecule has 31 heavy (non-hydrogen) atoms. The number of carbonyl (C=O) groups is 1. The van der Waals surface area contributed by atoms with E-state index >= 15 is 0 Å². The van der Waals surface area contributed by atoms with Crippen LogP contribution in [0.1, 0.15) is 34.9 Å². The molecule has 1 amide bonds. The molecule has 0 N–H and O–H groups in total. The lowest BCUT2D eigenvalue weighted by Crippen LogP contribution is -2.30. The van der Waals surface area contributed by atoms with E-state index in [2.05, 4.69) is 9.89 Å². The maximum atomic E-state index is 13.0. The number of nitrogens with zero attached hydrogens (tertiary/aromatic N) is 2. The molecule has 0 aliphatic carbocycles. The normalized spacial score (nSPS) is 16.4. The van der Waals surface area contributed by atoms with Crippen molar-refractivity contribution in [3.8, 4) is 22.8 Å². The Kier molecular flexibility index (Phi) is 5.58. The second-order valence-corrected chi connectivity index (χ2v) is 7.08. The minimum Gasteiger partial charge on any atom is -0.497 e. The molecule has 9 heteroatoms. The highest BCUT2D eigenvalue weighted by atomic mass is 19.4. The predicted molar refractivity (Wildman–Crippen MR) is 105 cm³/mol. The van der Waals surface area contributed by atoms with Gasteiger partial charge in [-0.15, -0.1) is 13.2 Å². The first-order valence-electron chi connectivity index (χ1n) is 9.62. The molecule has 3 aromatic rings. The van der Waals surface area contributed by atoms with E-state index in [4.69, 9.17) is 9.26 Å². The van der Waals surface area contributed by atoms with Crippen LogP contribution in [0.15, 0.2) is 59.1 Å². The zero-order valence-electron chi connectivity index (χ0n) is 16.6. The van der Waals surface area contributed by atoms with Gasteiger partial charge in [0.1, 0.15) is 11.5 Å². The first-order chi connectivity index (χ1) is 14.8. The number of ether oxygens (including phenoxy) is 2. The second-order valence-electron chi connectivity index (χ2n) is 7.08. The third-order valence-electron chi connectivity index (χ3n) is 5.12. The third-order valence-corrected chi connectivity index (χ3v) is 5.12. The van der Waals surface area contributed by atoms with Crippen molar-refractivity contribution in [2.24, 2.45) is 0 Å². The molecule has 1 aliphatic heterocycles. The SMILES string of the molecule is COc1ccc(C2CCCN2C(=O)c2cc(-c3ccc(OC(F)(F)F)cc3)on2)cc1. The number of carbonyl (C=O) groups excluding carboxylic acids is 1. The van der Waals surface area contributed by atoms with Gasteiger partial charge in [-0.1, -0.05) is 17.3 Å². The van der Waals surface area contributed by atoms with E-state index in [1.54, 1.807) is 12.0 Å². The molecular formula is C22H19F3N2O4. The van der Waals surface area contributed by atoms with Crippen LogP contribution in [0.5, 0.6) is 11.5 Å². The quantitative estimate of drug-likeness (QED) is 0.553. The number of alkyl halides is 3. The van der Waals surface area contributed by atoms with Crippen LogP contribution in [0.3, 0.4) is 0 Å². The largest absolute Gasteiger partial charge is 0.573 e. The van der Waals surface area contributed by atoms with Crippen LogP contribution in [0, 0.1) is 0 Å². The van der Waals surface area contributed by atoms with Crippen molar-refractivity contribution in [3.63, 3.8) is 0 Å². The van der Waals surface area contributed by atoms with Gasteiger partial charge in [0.15, 0.2) is 11.5 Å². The summed E-state index contributed by atoms with van der Waals surface area (Å²) in [7, 11) is 1.60. The first-order valence-corrected chi connectivity index (χ1v) is 9.62. The molecule has 0 bridgehead atoms. The number of rotatable bonds is 5. The maximum absolute atomic E-state index is 13.0. The average molecular weight is 432 g/mol. The van der Waals surface area contributed by atoms with Gasteiger partial charge in [-0.2, -0.15) is 0 Å². The van der Waals surface area contributed by atoms with E-state index in [-0.39, 0.29) is 29.2 Å². The topological polar surface area (TPSA) is 64.8 Å². The summed E-state index contributed by atoms with van der Waals surface area (Å²) in [6.07, 6.45) is -3.05. The molecule has 0 saturated carbocycles. The summed E-state index contributed by atoms with van der Waals surface area (Å²) in [6, 6.07) is 14.2. The minimum absolute atomic E-state index is 0.0719. The summed E-state index contributed by atoms with van der Waals surface area (Å²) < 4.78 is 51.2. The molecule has 0 radical (unpaired) electrons. The van der Waals surface area contributed by atoms with E-state index in [0.29, 0.717) is 12.1 Å².